The van der Waals surface area contributed by atoms with Crippen molar-refractivity contribution in [3.05, 3.63) is 83.4 Å². The number of hydrogen-bond acceptors (Lipinski definition) is 0. The van der Waals surface area contributed by atoms with E-state index in [-0.39, 0.29) is 5.41 Å². The molecule has 0 aromatic heterocycles. The number of rotatable bonds is 2. The summed E-state index contributed by atoms with van der Waals surface area (Å²) in [6, 6.07) is 24.3. The molecule has 0 unspecified atom stereocenters. The van der Waals surface area contributed by atoms with E-state index < -0.39 is 0 Å². The average Bonchev–Trinajstić information content (AvgIpc) is 2.47. The number of fused-ring (bicyclic) bond motifs is 1. The summed E-state index contributed by atoms with van der Waals surface area (Å²) in [6.07, 6.45) is 0.995. The van der Waals surface area contributed by atoms with Crippen LogP contribution in [0.2, 0.25) is 0 Å². The molecule has 0 aliphatic rings. The van der Waals surface area contributed by atoms with Gasteiger partial charge in [-0.05, 0) is 39.3 Å². The molecule has 0 N–H and O–H groups in total. The summed E-state index contributed by atoms with van der Waals surface area (Å²) in [5.41, 5.74) is 4.36. The molecule has 0 bridgehead atoms. The smallest absolute Gasteiger partial charge is 0.00255 e. The van der Waals surface area contributed by atoms with Gasteiger partial charge in [0.15, 0.2) is 0 Å². The zero-order valence-electron chi connectivity index (χ0n) is 13.1. The lowest BCUT2D eigenvalue weighted by molar-refractivity contribution is 0.590. The highest BCUT2D eigenvalue weighted by molar-refractivity contribution is 5.83. The Hall–Kier alpha value is -2.08. The third kappa shape index (κ3) is 3.16. The summed E-state index contributed by atoms with van der Waals surface area (Å²) in [6.45, 7) is 6.77. The monoisotopic (exact) mass is 274 g/mol. The minimum Gasteiger partial charge on any atom is -0.0616 e. The van der Waals surface area contributed by atoms with E-state index in [1.165, 1.54) is 27.5 Å². The van der Waals surface area contributed by atoms with Gasteiger partial charge >= 0.3 is 0 Å². The topological polar surface area (TPSA) is 0 Å². The van der Waals surface area contributed by atoms with Crippen LogP contribution in [0, 0.1) is 0 Å². The molecule has 0 nitrogen and oxygen atoms in total. The molecule has 0 aliphatic carbocycles. The van der Waals surface area contributed by atoms with Crippen LogP contribution in [0.25, 0.3) is 10.8 Å². The van der Waals surface area contributed by atoms with Gasteiger partial charge < -0.3 is 0 Å². The molecule has 3 rings (SSSR count). The summed E-state index contributed by atoms with van der Waals surface area (Å²) in [4.78, 5) is 0. The summed E-state index contributed by atoms with van der Waals surface area (Å²) in [5.74, 6) is 0. The van der Waals surface area contributed by atoms with Crippen molar-refractivity contribution in [3.8, 4) is 0 Å². The number of hydrogen-bond donors (Lipinski definition) is 0. The van der Waals surface area contributed by atoms with Crippen molar-refractivity contribution >= 4 is 10.8 Å². The summed E-state index contributed by atoms with van der Waals surface area (Å²) in [5, 5.41) is 2.63. The minimum absolute atomic E-state index is 0.224. The Labute approximate surface area is 127 Å². The normalized spacial score (nSPS) is 11.8. The lowest BCUT2D eigenvalue weighted by atomic mass is 9.86. The fourth-order valence-electron chi connectivity index (χ4n) is 2.71. The molecule has 0 saturated carbocycles. The van der Waals surface area contributed by atoms with E-state index >= 15 is 0 Å². The molecule has 0 atom stereocenters. The molecule has 0 spiro atoms. The fourth-order valence-corrected chi connectivity index (χ4v) is 2.71. The van der Waals surface area contributed by atoms with Crippen LogP contribution < -0.4 is 0 Å². The van der Waals surface area contributed by atoms with Crippen molar-refractivity contribution in [2.75, 3.05) is 0 Å². The van der Waals surface area contributed by atoms with Crippen molar-refractivity contribution in [2.45, 2.75) is 32.6 Å². The predicted octanol–water partition coefficient (Wildman–Crippen LogP) is 5.73. The second kappa shape index (κ2) is 5.37. The van der Waals surface area contributed by atoms with Crippen LogP contribution in [-0.4, -0.2) is 0 Å². The van der Waals surface area contributed by atoms with Gasteiger partial charge in [0, 0.05) is 0 Å². The van der Waals surface area contributed by atoms with Crippen molar-refractivity contribution in [2.24, 2.45) is 0 Å². The molecule has 3 aromatic rings. The third-order valence-corrected chi connectivity index (χ3v) is 4.04. The minimum atomic E-state index is 0.224. The molecular formula is C21H22. The standard InChI is InChI=1S/C21H22/c1-21(2,3)20-12-9-16(10-13-20)14-17-8-11-18-6-4-5-7-19(18)15-17/h4-13,15H,14H2,1-3H3. The second-order valence-corrected chi connectivity index (χ2v) is 6.81. The Morgan fingerprint density at radius 1 is 0.667 bits per heavy atom. The first kappa shape index (κ1) is 13.9. The maximum atomic E-state index is 2.30. The van der Waals surface area contributed by atoms with Crippen LogP contribution in [0.1, 0.15) is 37.5 Å². The molecular weight excluding hydrogens is 252 g/mol. The van der Waals surface area contributed by atoms with Gasteiger partial charge in [-0.1, -0.05) is 87.5 Å². The van der Waals surface area contributed by atoms with E-state index in [4.69, 9.17) is 0 Å². The van der Waals surface area contributed by atoms with Crippen LogP contribution in [0.5, 0.6) is 0 Å². The van der Waals surface area contributed by atoms with Gasteiger partial charge in [0.2, 0.25) is 0 Å². The second-order valence-electron chi connectivity index (χ2n) is 6.81. The Bertz CT molecular complexity index is 743. The van der Waals surface area contributed by atoms with Crippen LogP contribution in [-0.2, 0) is 11.8 Å². The zero-order chi connectivity index (χ0) is 14.9. The molecule has 21 heavy (non-hydrogen) atoms. The molecule has 0 amide bonds. The predicted molar refractivity (Wildman–Crippen MR) is 91.9 cm³/mol. The highest BCUT2D eigenvalue weighted by atomic mass is 14.2. The van der Waals surface area contributed by atoms with Gasteiger partial charge in [-0.3, -0.25) is 0 Å². The Balaban J connectivity index is 1.84. The zero-order valence-corrected chi connectivity index (χ0v) is 13.1. The van der Waals surface area contributed by atoms with E-state index in [9.17, 15) is 0 Å². The lowest BCUT2D eigenvalue weighted by Gasteiger charge is -2.19. The Kier molecular flexibility index (Phi) is 3.55. The largest absolute Gasteiger partial charge is 0.0616 e. The SMILES string of the molecule is CC(C)(C)c1ccc(Cc2ccc3ccccc3c2)cc1. The van der Waals surface area contributed by atoms with Gasteiger partial charge in [-0.25, -0.2) is 0 Å². The van der Waals surface area contributed by atoms with Gasteiger partial charge in [0.05, 0.1) is 0 Å². The molecule has 0 fully saturated rings. The quantitative estimate of drug-likeness (QED) is 0.560. The molecule has 0 radical (unpaired) electrons. The first-order valence-electron chi connectivity index (χ1n) is 7.59. The molecule has 0 saturated heterocycles. The molecule has 0 aliphatic heterocycles. The van der Waals surface area contributed by atoms with Crippen molar-refractivity contribution < 1.29 is 0 Å². The average molecular weight is 274 g/mol. The Morgan fingerprint density at radius 2 is 1.29 bits per heavy atom. The fraction of sp³-hybridized carbons (Fsp3) is 0.238. The molecule has 0 heterocycles. The van der Waals surface area contributed by atoms with Crippen LogP contribution in [0.3, 0.4) is 0 Å². The van der Waals surface area contributed by atoms with Crippen LogP contribution in [0.4, 0.5) is 0 Å². The summed E-state index contributed by atoms with van der Waals surface area (Å²) in [7, 11) is 0. The van der Waals surface area contributed by atoms with E-state index in [2.05, 4.69) is 87.5 Å². The van der Waals surface area contributed by atoms with E-state index in [0.29, 0.717) is 0 Å². The van der Waals surface area contributed by atoms with Gasteiger partial charge in [0.1, 0.15) is 0 Å². The lowest BCUT2D eigenvalue weighted by Crippen LogP contribution is -2.10. The molecule has 0 heteroatoms. The van der Waals surface area contributed by atoms with Crippen molar-refractivity contribution in [1.82, 2.24) is 0 Å². The highest BCUT2D eigenvalue weighted by Crippen LogP contribution is 2.23. The van der Waals surface area contributed by atoms with Gasteiger partial charge in [0.25, 0.3) is 0 Å². The highest BCUT2D eigenvalue weighted by Gasteiger charge is 2.12. The number of benzene rings is 3. The van der Waals surface area contributed by atoms with Gasteiger partial charge in [-0.2, -0.15) is 0 Å². The summed E-state index contributed by atoms with van der Waals surface area (Å²) >= 11 is 0. The maximum Gasteiger partial charge on any atom is -0.00255 e. The third-order valence-electron chi connectivity index (χ3n) is 4.04. The van der Waals surface area contributed by atoms with E-state index in [1.807, 2.05) is 0 Å². The van der Waals surface area contributed by atoms with Crippen LogP contribution in [0.15, 0.2) is 66.7 Å². The first-order valence-corrected chi connectivity index (χ1v) is 7.59. The maximum absolute atomic E-state index is 2.30. The van der Waals surface area contributed by atoms with Crippen molar-refractivity contribution in [1.29, 1.82) is 0 Å². The first-order chi connectivity index (χ1) is 10.0. The molecule has 3 aromatic carbocycles. The van der Waals surface area contributed by atoms with Crippen molar-refractivity contribution in [3.63, 3.8) is 0 Å². The Morgan fingerprint density at radius 3 is 1.95 bits per heavy atom. The summed E-state index contributed by atoms with van der Waals surface area (Å²) < 4.78 is 0. The van der Waals surface area contributed by atoms with Crippen LogP contribution >= 0.6 is 0 Å². The van der Waals surface area contributed by atoms with E-state index in [1.54, 1.807) is 0 Å². The van der Waals surface area contributed by atoms with E-state index in [0.717, 1.165) is 6.42 Å². The van der Waals surface area contributed by atoms with Gasteiger partial charge in [-0.15, -0.1) is 0 Å². The molecule has 106 valence electrons.